The Bertz CT molecular complexity index is 346. The van der Waals surface area contributed by atoms with Crippen molar-refractivity contribution in [2.75, 3.05) is 12.3 Å². The van der Waals surface area contributed by atoms with Crippen molar-refractivity contribution in [1.29, 1.82) is 0 Å². The molecular formula is C13H19NO2S. The highest BCUT2D eigenvalue weighted by molar-refractivity contribution is 7.99. The van der Waals surface area contributed by atoms with Gasteiger partial charge in [0.2, 0.25) is 5.91 Å². The van der Waals surface area contributed by atoms with Crippen molar-refractivity contribution in [3.63, 3.8) is 0 Å². The Hall–Kier alpha value is -1.00. The van der Waals surface area contributed by atoms with Gasteiger partial charge in [0.25, 0.3) is 0 Å². The molecule has 0 aliphatic rings. The van der Waals surface area contributed by atoms with E-state index in [4.69, 9.17) is 0 Å². The molecular weight excluding hydrogens is 234 g/mol. The molecule has 4 heteroatoms. The molecule has 1 amide bonds. The predicted octanol–water partition coefficient (Wildman–Crippen LogP) is 1.81. The molecule has 0 bridgehead atoms. The van der Waals surface area contributed by atoms with E-state index in [1.54, 1.807) is 25.6 Å². The quantitative estimate of drug-likeness (QED) is 0.813. The van der Waals surface area contributed by atoms with Crippen LogP contribution in [0.2, 0.25) is 0 Å². The maximum absolute atomic E-state index is 11.4. The van der Waals surface area contributed by atoms with Crippen molar-refractivity contribution in [3.05, 3.63) is 35.9 Å². The topological polar surface area (TPSA) is 49.3 Å². The number of benzene rings is 1. The minimum atomic E-state index is -0.847. The maximum atomic E-state index is 11.4. The van der Waals surface area contributed by atoms with Crippen LogP contribution in [0.1, 0.15) is 19.4 Å². The first kappa shape index (κ1) is 14.1. The lowest BCUT2D eigenvalue weighted by molar-refractivity contribution is -0.119. The van der Waals surface area contributed by atoms with Crippen molar-refractivity contribution in [2.24, 2.45) is 0 Å². The Morgan fingerprint density at radius 1 is 1.35 bits per heavy atom. The van der Waals surface area contributed by atoms with Crippen LogP contribution in [-0.2, 0) is 10.5 Å². The van der Waals surface area contributed by atoms with E-state index in [-0.39, 0.29) is 12.5 Å². The summed E-state index contributed by atoms with van der Waals surface area (Å²) in [5.74, 6) is 1.22. The van der Waals surface area contributed by atoms with Crippen molar-refractivity contribution in [3.8, 4) is 0 Å². The molecule has 0 saturated carbocycles. The highest BCUT2D eigenvalue weighted by Gasteiger charge is 2.13. The summed E-state index contributed by atoms with van der Waals surface area (Å²) in [4.78, 5) is 11.4. The molecule has 0 aliphatic carbocycles. The zero-order valence-corrected chi connectivity index (χ0v) is 11.1. The van der Waals surface area contributed by atoms with Crippen LogP contribution in [-0.4, -0.2) is 28.9 Å². The molecule has 1 aromatic carbocycles. The third-order valence-electron chi connectivity index (χ3n) is 2.06. The normalized spacial score (nSPS) is 11.2. The Kier molecular flexibility index (Phi) is 5.51. The minimum Gasteiger partial charge on any atom is -0.389 e. The molecule has 0 aliphatic heterocycles. The van der Waals surface area contributed by atoms with Gasteiger partial charge in [-0.3, -0.25) is 4.79 Å². The van der Waals surface area contributed by atoms with E-state index in [1.165, 1.54) is 5.56 Å². The van der Waals surface area contributed by atoms with Crippen LogP contribution in [0, 0.1) is 0 Å². The van der Waals surface area contributed by atoms with E-state index in [0.29, 0.717) is 5.75 Å². The third kappa shape index (κ3) is 7.02. The molecule has 0 saturated heterocycles. The van der Waals surface area contributed by atoms with E-state index >= 15 is 0 Å². The molecule has 0 radical (unpaired) electrons. The van der Waals surface area contributed by atoms with E-state index in [1.807, 2.05) is 30.3 Å². The smallest absolute Gasteiger partial charge is 0.230 e. The maximum Gasteiger partial charge on any atom is 0.230 e. The zero-order valence-electron chi connectivity index (χ0n) is 10.3. The number of thioether (sulfide) groups is 1. The third-order valence-corrected chi connectivity index (χ3v) is 3.07. The molecule has 94 valence electrons. The summed E-state index contributed by atoms with van der Waals surface area (Å²) >= 11 is 1.57. The average molecular weight is 253 g/mol. The Morgan fingerprint density at radius 2 is 2.00 bits per heavy atom. The Labute approximate surface area is 107 Å². The summed E-state index contributed by atoms with van der Waals surface area (Å²) in [6, 6.07) is 10.0. The van der Waals surface area contributed by atoms with E-state index in [2.05, 4.69) is 5.32 Å². The number of nitrogens with one attached hydrogen (secondary N) is 1. The van der Waals surface area contributed by atoms with Crippen LogP contribution in [0.3, 0.4) is 0 Å². The minimum absolute atomic E-state index is 0.0342. The van der Waals surface area contributed by atoms with Gasteiger partial charge in [-0.15, -0.1) is 11.8 Å². The number of amides is 1. The predicted molar refractivity (Wildman–Crippen MR) is 71.9 cm³/mol. The summed E-state index contributed by atoms with van der Waals surface area (Å²) in [5, 5.41) is 12.1. The number of rotatable bonds is 6. The fraction of sp³-hybridized carbons (Fsp3) is 0.462. The Morgan fingerprint density at radius 3 is 2.59 bits per heavy atom. The molecule has 1 rings (SSSR count). The summed E-state index contributed by atoms with van der Waals surface area (Å²) in [7, 11) is 0. The molecule has 0 atom stereocenters. The number of carbonyl (C=O) groups excluding carboxylic acids is 1. The number of aliphatic hydroxyl groups is 1. The zero-order chi connectivity index (χ0) is 12.7. The lowest BCUT2D eigenvalue weighted by Gasteiger charge is -2.17. The molecule has 1 aromatic rings. The van der Waals surface area contributed by atoms with Gasteiger partial charge in [-0.2, -0.15) is 0 Å². The van der Waals surface area contributed by atoms with Gasteiger partial charge in [-0.1, -0.05) is 30.3 Å². The van der Waals surface area contributed by atoms with Crippen LogP contribution >= 0.6 is 11.8 Å². The first-order chi connectivity index (χ1) is 7.97. The molecule has 0 heterocycles. The molecule has 2 N–H and O–H groups in total. The fourth-order valence-electron chi connectivity index (χ4n) is 1.20. The van der Waals surface area contributed by atoms with Crippen LogP contribution in [0.4, 0.5) is 0 Å². The van der Waals surface area contributed by atoms with Crippen molar-refractivity contribution >= 4 is 17.7 Å². The summed E-state index contributed by atoms with van der Waals surface area (Å²) in [6.07, 6.45) is 0. The van der Waals surface area contributed by atoms with E-state index in [0.717, 1.165) is 5.75 Å². The van der Waals surface area contributed by atoms with Gasteiger partial charge in [0.05, 0.1) is 11.4 Å². The van der Waals surface area contributed by atoms with Crippen molar-refractivity contribution in [1.82, 2.24) is 5.32 Å². The van der Waals surface area contributed by atoms with Gasteiger partial charge in [0.1, 0.15) is 0 Å². The largest absolute Gasteiger partial charge is 0.389 e. The van der Waals surface area contributed by atoms with Gasteiger partial charge < -0.3 is 10.4 Å². The highest BCUT2D eigenvalue weighted by atomic mass is 32.2. The average Bonchev–Trinajstić information content (AvgIpc) is 2.27. The van der Waals surface area contributed by atoms with E-state index < -0.39 is 5.60 Å². The first-order valence-corrected chi connectivity index (χ1v) is 6.73. The summed E-state index contributed by atoms with van der Waals surface area (Å²) in [5.41, 5.74) is 0.368. The van der Waals surface area contributed by atoms with E-state index in [9.17, 15) is 9.90 Å². The van der Waals surface area contributed by atoms with Gasteiger partial charge >= 0.3 is 0 Å². The fourth-order valence-corrected chi connectivity index (χ4v) is 2.02. The molecule has 0 fully saturated rings. The standard InChI is InChI=1S/C13H19NO2S/c1-13(2,16)10-14-12(15)9-17-8-11-6-4-3-5-7-11/h3-7,16H,8-10H2,1-2H3,(H,14,15). The molecule has 0 unspecified atom stereocenters. The molecule has 17 heavy (non-hydrogen) atoms. The lowest BCUT2D eigenvalue weighted by atomic mass is 10.1. The lowest BCUT2D eigenvalue weighted by Crippen LogP contribution is -2.38. The van der Waals surface area contributed by atoms with Crippen LogP contribution in [0.25, 0.3) is 0 Å². The first-order valence-electron chi connectivity index (χ1n) is 5.58. The molecule has 0 spiro atoms. The van der Waals surface area contributed by atoms with Crippen molar-refractivity contribution < 1.29 is 9.90 Å². The van der Waals surface area contributed by atoms with Crippen LogP contribution in [0.5, 0.6) is 0 Å². The highest BCUT2D eigenvalue weighted by Crippen LogP contribution is 2.11. The summed E-state index contributed by atoms with van der Waals surface area (Å²) in [6.45, 7) is 3.63. The molecule has 3 nitrogen and oxygen atoms in total. The number of hydrogen-bond acceptors (Lipinski definition) is 3. The van der Waals surface area contributed by atoms with Gasteiger partial charge in [-0.05, 0) is 19.4 Å². The van der Waals surface area contributed by atoms with Gasteiger partial charge in [-0.25, -0.2) is 0 Å². The second-order valence-electron chi connectivity index (χ2n) is 4.57. The second-order valence-corrected chi connectivity index (χ2v) is 5.55. The monoisotopic (exact) mass is 253 g/mol. The van der Waals surface area contributed by atoms with Crippen molar-refractivity contribution in [2.45, 2.75) is 25.2 Å². The Balaban J connectivity index is 2.17. The van der Waals surface area contributed by atoms with Gasteiger partial charge in [0.15, 0.2) is 0 Å². The van der Waals surface area contributed by atoms with Gasteiger partial charge in [0, 0.05) is 12.3 Å². The molecule has 0 aromatic heterocycles. The SMILES string of the molecule is CC(C)(O)CNC(=O)CSCc1ccccc1. The summed E-state index contributed by atoms with van der Waals surface area (Å²) < 4.78 is 0. The second kappa shape index (κ2) is 6.67. The number of hydrogen-bond donors (Lipinski definition) is 2. The number of carbonyl (C=O) groups is 1. The van der Waals surface area contributed by atoms with Crippen LogP contribution in [0.15, 0.2) is 30.3 Å². The van der Waals surface area contributed by atoms with Crippen LogP contribution < -0.4 is 5.32 Å².